The van der Waals surface area contributed by atoms with Crippen LogP contribution >= 0.6 is 39.9 Å². The van der Waals surface area contributed by atoms with Crippen molar-refractivity contribution in [2.45, 2.75) is 20.0 Å². The Kier molecular flexibility index (Phi) is 8.02. The molecule has 122 valence electrons. The Hall–Kier alpha value is -0.960. The molecule has 2 rings (SSSR count). The molecule has 7 heteroatoms. The molecule has 0 radical (unpaired) electrons. The van der Waals surface area contributed by atoms with Crippen LogP contribution in [0.2, 0.25) is 0 Å². The van der Waals surface area contributed by atoms with Gasteiger partial charge in [0.2, 0.25) is 0 Å². The zero-order valence-electron chi connectivity index (χ0n) is 13.0. The van der Waals surface area contributed by atoms with Crippen molar-refractivity contribution < 1.29 is 4.42 Å². The fraction of sp³-hybridized carbons (Fsp3) is 0.400. The second-order valence-electron chi connectivity index (χ2n) is 4.87. The van der Waals surface area contributed by atoms with Gasteiger partial charge in [-0.3, -0.25) is 0 Å². The van der Waals surface area contributed by atoms with Gasteiger partial charge in [-0.2, -0.15) is 0 Å². The minimum absolute atomic E-state index is 0. The largest absolute Gasteiger partial charge is 0.467 e. The fourth-order valence-electron chi connectivity index (χ4n) is 2.07. The van der Waals surface area contributed by atoms with Crippen molar-refractivity contribution in [3.63, 3.8) is 0 Å². The van der Waals surface area contributed by atoms with Crippen LogP contribution in [0, 0.1) is 0 Å². The molecular weight excluding hydrogens is 459 g/mol. The van der Waals surface area contributed by atoms with Gasteiger partial charge < -0.3 is 19.2 Å². The fourth-order valence-corrected chi connectivity index (χ4v) is 2.64. The molecule has 0 aromatic carbocycles. The lowest BCUT2D eigenvalue weighted by Gasteiger charge is -2.22. The van der Waals surface area contributed by atoms with Gasteiger partial charge in [0.1, 0.15) is 12.3 Å². The van der Waals surface area contributed by atoms with E-state index >= 15 is 0 Å². The lowest BCUT2D eigenvalue weighted by atomic mass is 10.4. The molecule has 0 saturated heterocycles. The molecule has 5 nitrogen and oxygen atoms in total. The molecule has 0 amide bonds. The third kappa shape index (κ3) is 5.35. The number of halogens is 2. The van der Waals surface area contributed by atoms with Gasteiger partial charge in [0.15, 0.2) is 5.96 Å². The van der Waals surface area contributed by atoms with Crippen LogP contribution in [0.4, 0.5) is 0 Å². The molecule has 0 aliphatic rings. The van der Waals surface area contributed by atoms with Gasteiger partial charge in [-0.25, -0.2) is 4.99 Å². The number of rotatable bonds is 5. The van der Waals surface area contributed by atoms with Gasteiger partial charge >= 0.3 is 0 Å². The maximum Gasteiger partial charge on any atom is 0.194 e. The highest BCUT2D eigenvalue weighted by Crippen LogP contribution is 2.15. The van der Waals surface area contributed by atoms with Gasteiger partial charge in [-0.05, 0) is 41.1 Å². The number of aliphatic imine (C=N–C) groups is 1. The van der Waals surface area contributed by atoms with Gasteiger partial charge in [0.05, 0.1) is 12.8 Å². The molecule has 0 atom stereocenters. The number of guanidine groups is 1. The number of nitrogens with zero attached hydrogens (tertiary/aromatic N) is 3. The quantitative estimate of drug-likeness (QED) is 0.404. The molecule has 2 aromatic heterocycles. The summed E-state index contributed by atoms with van der Waals surface area (Å²) in [6.45, 7) is 4.22. The molecule has 0 aliphatic heterocycles. The summed E-state index contributed by atoms with van der Waals surface area (Å²) in [6, 6.07) is 5.93. The molecule has 0 aliphatic carbocycles. The molecule has 0 spiro atoms. The van der Waals surface area contributed by atoms with Crippen molar-refractivity contribution in [1.29, 1.82) is 0 Å². The minimum atomic E-state index is 0. The van der Waals surface area contributed by atoms with Crippen molar-refractivity contribution in [2.24, 2.45) is 12.0 Å². The predicted molar refractivity (Wildman–Crippen MR) is 104 cm³/mol. The van der Waals surface area contributed by atoms with Crippen LogP contribution in [0.1, 0.15) is 18.4 Å². The molecule has 2 aromatic rings. The van der Waals surface area contributed by atoms with E-state index in [0.29, 0.717) is 6.54 Å². The van der Waals surface area contributed by atoms with Gasteiger partial charge in [-0.1, -0.05) is 0 Å². The highest BCUT2D eigenvalue weighted by atomic mass is 127. The van der Waals surface area contributed by atoms with Crippen molar-refractivity contribution in [3.8, 4) is 0 Å². The van der Waals surface area contributed by atoms with Crippen LogP contribution < -0.4 is 5.32 Å². The first-order valence-corrected chi connectivity index (χ1v) is 7.72. The van der Waals surface area contributed by atoms with Crippen molar-refractivity contribution in [2.75, 3.05) is 13.6 Å². The number of furan rings is 1. The van der Waals surface area contributed by atoms with E-state index in [1.54, 1.807) is 6.26 Å². The summed E-state index contributed by atoms with van der Waals surface area (Å²) < 4.78 is 8.52. The minimum Gasteiger partial charge on any atom is -0.467 e. The number of hydrogen-bond acceptors (Lipinski definition) is 2. The van der Waals surface area contributed by atoms with E-state index < -0.39 is 0 Å². The summed E-state index contributed by atoms with van der Waals surface area (Å²) in [6.07, 6.45) is 3.72. The summed E-state index contributed by atoms with van der Waals surface area (Å²) >= 11 is 3.50. The molecule has 22 heavy (non-hydrogen) atoms. The van der Waals surface area contributed by atoms with Gasteiger partial charge in [0, 0.05) is 37.0 Å². The topological polar surface area (TPSA) is 45.7 Å². The Balaban J connectivity index is 0.00000242. The number of nitrogens with one attached hydrogen (secondary N) is 1. The third-order valence-corrected chi connectivity index (χ3v) is 3.57. The van der Waals surface area contributed by atoms with E-state index in [2.05, 4.69) is 54.9 Å². The second-order valence-corrected chi connectivity index (χ2v) is 5.78. The summed E-state index contributed by atoms with van der Waals surface area (Å²) in [4.78, 5) is 6.71. The predicted octanol–water partition coefficient (Wildman–Crippen LogP) is 3.60. The van der Waals surface area contributed by atoms with Gasteiger partial charge in [-0.15, -0.1) is 24.0 Å². The lowest BCUT2D eigenvalue weighted by molar-refractivity contribution is 0.457. The Morgan fingerprint density at radius 1 is 1.50 bits per heavy atom. The standard InChI is InChI=1S/C15H21BrN4O.HI/c1-4-17-15(18-9-14-6-5-7-21-14)20(3)11-13-8-12(16)10-19(13)2;/h5-8,10H,4,9,11H2,1-3H3,(H,17,18);1H. The SMILES string of the molecule is CCNC(=NCc1ccco1)N(C)Cc1cc(Br)cn1C.I. The summed E-state index contributed by atoms with van der Waals surface area (Å²) in [7, 11) is 4.07. The van der Waals surface area contributed by atoms with Crippen molar-refractivity contribution in [1.82, 2.24) is 14.8 Å². The molecule has 2 heterocycles. The van der Waals surface area contributed by atoms with Crippen LogP contribution in [0.25, 0.3) is 0 Å². The van der Waals surface area contributed by atoms with E-state index in [0.717, 1.165) is 29.3 Å². The Bertz CT molecular complexity index is 595. The Labute approximate surface area is 156 Å². The first-order valence-electron chi connectivity index (χ1n) is 6.92. The van der Waals surface area contributed by atoms with Gasteiger partial charge in [0.25, 0.3) is 0 Å². The smallest absolute Gasteiger partial charge is 0.194 e. The van der Waals surface area contributed by atoms with Crippen molar-refractivity contribution >= 4 is 45.9 Å². The summed E-state index contributed by atoms with van der Waals surface area (Å²) in [5.41, 5.74) is 1.22. The molecule has 0 fully saturated rings. The monoisotopic (exact) mass is 480 g/mol. The first kappa shape index (κ1) is 19.1. The molecule has 0 saturated carbocycles. The maximum absolute atomic E-state index is 5.32. The first-order chi connectivity index (χ1) is 10.1. The van der Waals surface area contributed by atoms with E-state index in [1.807, 2.05) is 26.2 Å². The normalized spacial score (nSPS) is 11.2. The molecule has 0 bridgehead atoms. The average molecular weight is 481 g/mol. The number of aryl methyl sites for hydroxylation is 1. The van der Waals surface area contributed by atoms with Crippen LogP contribution in [0.5, 0.6) is 0 Å². The number of aromatic nitrogens is 1. The van der Waals surface area contributed by atoms with E-state index in [9.17, 15) is 0 Å². The zero-order valence-corrected chi connectivity index (χ0v) is 17.0. The maximum atomic E-state index is 5.32. The number of hydrogen-bond donors (Lipinski definition) is 1. The Morgan fingerprint density at radius 3 is 2.82 bits per heavy atom. The highest BCUT2D eigenvalue weighted by Gasteiger charge is 2.09. The summed E-state index contributed by atoms with van der Waals surface area (Å²) in [5, 5.41) is 3.30. The third-order valence-electron chi connectivity index (χ3n) is 3.13. The van der Waals surface area contributed by atoms with Crippen LogP contribution in [0.3, 0.4) is 0 Å². The van der Waals surface area contributed by atoms with E-state index in [4.69, 9.17) is 4.42 Å². The van der Waals surface area contributed by atoms with Crippen LogP contribution in [0.15, 0.2) is 44.5 Å². The molecule has 1 N–H and O–H groups in total. The average Bonchev–Trinajstić information content (AvgIpc) is 3.05. The van der Waals surface area contributed by atoms with Crippen molar-refractivity contribution in [3.05, 3.63) is 46.6 Å². The Morgan fingerprint density at radius 2 is 2.27 bits per heavy atom. The molecular formula is C15H22BrIN4O. The molecule has 0 unspecified atom stereocenters. The van der Waals surface area contributed by atoms with E-state index in [-0.39, 0.29) is 24.0 Å². The summed E-state index contributed by atoms with van der Waals surface area (Å²) in [5.74, 6) is 1.73. The highest BCUT2D eigenvalue weighted by molar-refractivity contribution is 14.0. The second kappa shape index (κ2) is 9.24. The van der Waals surface area contributed by atoms with Crippen LogP contribution in [-0.2, 0) is 20.1 Å². The van der Waals surface area contributed by atoms with Crippen LogP contribution in [-0.4, -0.2) is 29.0 Å². The van der Waals surface area contributed by atoms with E-state index in [1.165, 1.54) is 5.69 Å². The zero-order chi connectivity index (χ0) is 15.2. The lowest BCUT2D eigenvalue weighted by Crippen LogP contribution is -2.38.